The number of nitrogens with zero attached hydrogens (tertiary/aromatic N) is 1. The summed E-state index contributed by atoms with van der Waals surface area (Å²) in [7, 11) is 4.61. The summed E-state index contributed by atoms with van der Waals surface area (Å²) in [5.74, 6) is 0.278. The van der Waals surface area contributed by atoms with Gasteiger partial charge in [0.1, 0.15) is 5.75 Å². The van der Waals surface area contributed by atoms with E-state index in [4.69, 9.17) is 0 Å². The predicted molar refractivity (Wildman–Crippen MR) is 72.1 cm³/mol. The molecule has 0 atom stereocenters. The van der Waals surface area contributed by atoms with Crippen LogP contribution in [0.4, 0.5) is 0 Å². The molecule has 3 nitrogen and oxygen atoms in total. The van der Waals surface area contributed by atoms with Crippen molar-refractivity contribution in [2.75, 3.05) is 0 Å². The Morgan fingerprint density at radius 1 is 1.00 bits per heavy atom. The first kappa shape index (κ1) is 14.9. The number of hydrogen-bond acceptors (Lipinski definition) is 2. The molecule has 0 fully saturated rings. The van der Waals surface area contributed by atoms with Crippen LogP contribution >= 0.6 is 9.42 Å². The van der Waals surface area contributed by atoms with Gasteiger partial charge in [0, 0.05) is 17.0 Å². The minimum absolute atomic E-state index is 0. The third kappa shape index (κ3) is 2.81. The van der Waals surface area contributed by atoms with Crippen molar-refractivity contribution in [1.29, 1.82) is 0 Å². The zero-order chi connectivity index (χ0) is 12.3. The van der Waals surface area contributed by atoms with E-state index in [9.17, 15) is 5.11 Å². The van der Waals surface area contributed by atoms with E-state index in [0.717, 1.165) is 21.7 Å². The molecule has 0 unspecified atom stereocenters. The largest absolute Gasteiger partial charge is 0.693 e. The van der Waals surface area contributed by atoms with Gasteiger partial charge in [-0.25, -0.2) is 0 Å². The first-order valence-corrected chi connectivity index (χ1v) is 7.74. The molecular formula is C13H11ClN2OPt. The molecule has 0 bridgehead atoms. The van der Waals surface area contributed by atoms with E-state index in [2.05, 4.69) is 14.4 Å². The molecule has 0 radical (unpaired) electrons. The fraction of sp³-hybridized carbons (Fsp3) is 0. The molecule has 5 heteroatoms. The summed E-state index contributed by atoms with van der Waals surface area (Å²) >= 11 is 1.61. The maximum absolute atomic E-state index is 9.46. The van der Waals surface area contributed by atoms with Crippen molar-refractivity contribution < 1.29 is 23.9 Å². The molecule has 3 aromatic rings. The molecule has 0 saturated carbocycles. The summed E-state index contributed by atoms with van der Waals surface area (Å²) in [6.45, 7) is 0. The van der Waals surface area contributed by atoms with Crippen LogP contribution in [0.2, 0.25) is 0 Å². The Morgan fingerprint density at radius 2 is 1.72 bits per heavy atom. The first-order chi connectivity index (χ1) is 8.34. The molecule has 3 N–H and O–H groups in total. The van der Waals surface area contributed by atoms with Crippen molar-refractivity contribution in [1.82, 2.24) is 4.98 Å². The molecule has 1 aromatic heterocycles. The van der Waals surface area contributed by atoms with Gasteiger partial charge in [0.25, 0.3) is 0 Å². The number of phenols is 1. The van der Waals surface area contributed by atoms with Gasteiger partial charge in [0.2, 0.25) is 0 Å². The van der Waals surface area contributed by atoms with E-state index >= 15 is 0 Å². The zero-order valence-corrected chi connectivity index (χ0v) is 12.3. The van der Waals surface area contributed by atoms with E-state index in [1.54, 1.807) is 30.9 Å². The van der Waals surface area contributed by atoms with Crippen LogP contribution in [0.5, 0.6) is 5.75 Å². The van der Waals surface area contributed by atoms with Crippen LogP contribution in [0.25, 0.3) is 27.8 Å². The average Bonchev–Trinajstić information content (AvgIpc) is 2.41. The summed E-state index contributed by atoms with van der Waals surface area (Å²) in [4.78, 5) is 4.34. The van der Waals surface area contributed by atoms with Gasteiger partial charge in [-0.05, 0) is 23.6 Å². The van der Waals surface area contributed by atoms with E-state index in [1.807, 2.05) is 36.5 Å². The number of fused-ring (bicyclic) bond motifs is 3. The maximum atomic E-state index is 9.46. The number of pyridine rings is 1. The molecular weight excluding hydrogens is 431 g/mol. The third-order valence-corrected chi connectivity index (χ3v) is 2.57. The monoisotopic (exact) mass is 441 g/mol. The van der Waals surface area contributed by atoms with E-state index in [0.29, 0.717) is 0 Å². The minimum Gasteiger partial charge on any atom is -0.693 e. The standard InChI is InChI=1S/C13H9NO.ClH.H2N.Pt/c15-10-5-6-13-12(7-10)11-4-2-1-3-9(11)8-14-13;;;/h1-8,15H;1H;1H2;/q;;-1;+2/p-1. The van der Waals surface area contributed by atoms with Crippen LogP contribution in [0, 0.1) is 0 Å². The molecule has 0 spiro atoms. The fourth-order valence-corrected chi connectivity index (χ4v) is 1.85. The third-order valence-electron chi connectivity index (χ3n) is 2.57. The van der Waals surface area contributed by atoms with Crippen LogP contribution in [0.15, 0.2) is 48.7 Å². The van der Waals surface area contributed by atoms with Crippen LogP contribution in [0.3, 0.4) is 0 Å². The summed E-state index contributed by atoms with van der Waals surface area (Å²) in [5, 5.41) is 12.7. The number of benzene rings is 2. The summed E-state index contributed by atoms with van der Waals surface area (Å²) in [6, 6.07) is 13.3. The molecule has 18 heavy (non-hydrogen) atoms. The van der Waals surface area contributed by atoms with Gasteiger partial charge >= 0.3 is 28.2 Å². The first-order valence-electron chi connectivity index (χ1n) is 4.93. The zero-order valence-electron chi connectivity index (χ0n) is 9.28. The Hall–Kier alpha value is -1.15. The fourth-order valence-electron chi connectivity index (χ4n) is 1.85. The smallest absolute Gasteiger partial charge is 0.693 e. The van der Waals surface area contributed by atoms with Crippen LogP contribution < -0.4 is 0 Å². The second-order valence-corrected chi connectivity index (χ2v) is 3.55. The van der Waals surface area contributed by atoms with Gasteiger partial charge in [-0.2, -0.15) is 0 Å². The van der Waals surface area contributed by atoms with Crippen LogP contribution in [-0.2, 0) is 18.8 Å². The Labute approximate surface area is 120 Å². The van der Waals surface area contributed by atoms with E-state index in [1.165, 1.54) is 0 Å². The van der Waals surface area contributed by atoms with Gasteiger partial charge in [-0.3, -0.25) is 4.98 Å². The number of nitrogens with two attached hydrogens (primary N) is 1. The minimum atomic E-state index is 0. The van der Waals surface area contributed by atoms with Crippen LogP contribution in [0.1, 0.15) is 0 Å². The van der Waals surface area contributed by atoms with Gasteiger partial charge in [-0.1, -0.05) is 24.3 Å². The van der Waals surface area contributed by atoms with Crippen molar-refractivity contribution in [2.24, 2.45) is 0 Å². The topological polar surface area (TPSA) is 66.6 Å². The molecule has 0 amide bonds. The Bertz CT molecular complexity index is 661. The second-order valence-electron chi connectivity index (χ2n) is 3.55. The van der Waals surface area contributed by atoms with Crippen molar-refractivity contribution in [2.45, 2.75) is 0 Å². The number of aromatic hydroxyl groups is 1. The SMILES string of the molecule is Oc1ccc2ncc3ccccc3c2c1.[Cl][Pt+].[NH2-]. The number of aromatic nitrogens is 1. The molecule has 96 valence electrons. The predicted octanol–water partition coefficient (Wildman–Crippen LogP) is 4.50. The molecule has 0 aliphatic carbocycles. The van der Waals surface area contributed by atoms with Crippen molar-refractivity contribution in [3.8, 4) is 5.75 Å². The number of phenolic OH excluding ortho intramolecular Hbond substituents is 1. The van der Waals surface area contributed by atoms with Gasteiger partial charge < -0.3 is 11.3 Å². The van der Waals surface area contributed by atoms with Gasteiger partial charge in [0.05, 0.1) is 5.52 Å². The summed E-state index contributed by atoms with van der Waals surface area (Å²) in [5.41, 5.74) is 0.909. The molecule has 0 aliphatic heterocycles. The number of hydrogen-bond donors (Lipinski definition) is 1. The Balaban J connectivity index is 0.000000516. The van der Waals surface area contributed by atoms with Crippen molar-refractivity contribution in [3.63, 3.8) is 0 Å². The molecule has 3 rings (SSSR count). The Morgan fingerprint density at radius 3 is 2.50 bits per heavy atom. The molecule has 0 aliphatic rings. The molecule has 2 aromatic carbocycles. The number of rotatable bonds is 0. The van der Waals surface area contributed by atoms with Crippen molar-refractivity contribution >= 4 is 31.1 Å². The average molecular weight is 442 g/mol. The van der Waals surface area contributed by atoms with E-state index in [-0.39, 0.29) is 11.9 Å². The summed E-state index contributed by atoms with van der Waals surface area (Å²) < 4.78 is 0. The Kier molecular flexibility index (Phi) is 5.54. The summed E-state index contributed by atoms with van der Waals surface area (Å²) in [6.07, 6.45) is 1.86. The quantitative estimate of drug-likeness (QED) is 0.522. The van der Waals surface area contributed by atoms with Crippen molar-refractivity contribution in [3.05, 3.63) is 54.8 Å². The molecule has 1 heterocycles. The van der Waals surface area contributed by atoms with Gasteiger partial charge in [0.15, 0.2) is 0 Å². The second kappa shape index (κ2) is 6.69. The maximum Gasteiger partial charge on any atom is -0.693 e. The normalized spacial score (nSPS) is 9.50. The van der Waals surface area contributed by atoms with Gasteiger partial charge in [-0.15, -0.1) is 0 Å². The van der Waals surface area contributed by atoms with E-state index < -0.39 is 0 Å². The van der Waals surface area contributed by atoms with Crippen LogP contribution in [-0.4, -0.2) is 10.1 Å². The number of halogens is 1. The molecule has 0 saturated heterocycles.